The maximum atomic E-state index is 13.1. The predicted octanol–water partition coefficient (Wildman–Crippen LogP) is 12.6. The molecular weight excluding hydrogens is 1150 g/mol. The van der Waals surface area contributed by atoms with E-state index in [1.54, 1.807) is 22.3 Å². The van der Waals surface area contributed by atoms with Crippen molar-refractivity contribution in [2.75, 3.05) is 23.7 Å². The number of nitrogens with zero attached hydrogens (tertiary/aromatic N) is 11. The van der Waals surface area contributed by atoms with E-state index in [2.05, 4.69) is 78.7 Å². The average Bonchev–Trinajstić information content (AvgIpc) is 3.79. The number of likely N-dealkylation sites (tertiary alicyclic amines) is 2. The van der Waals surface area contributed by atoms with Gasteiger partial charge in [0.05, 0.1) is 45.3 Å². The number of nitrogens with one attached hydrogen (secondary N) is 3. The van der Waals surface area contributed by atoms with Crippen LogP contribution in [0.1, 0.15) is 73.2 Å². The average molecular weight is 1220 g/mol. The number of aromatic amines is 1. The molecule has 0 saturated carbocycles. The predicted molar refractivity (Wildman–Crippen MR) is 337 cm³/mol. The Morgan fingerprint density at radius 2 is 1.06 bits per heavy atom. The zero-order valence-electron chi connectivity index (χ0n) is 50.0. The van der Waals surface area contributed by atoms with Gasteiger partial charge in [-0.2, -0.15) is 8.42 Å². The highest BCUT2D eigenvalue weighted by atomic mass is 32.1. The molecule has 2 saturated heterocycles. The fraction of sp³-hybridized carbons (Fsp3) is 0.273. The number of H-pyrrole nitrogens is 1. The Kier molecular flexibility index (Phi) is 18.6. The molecule has 454 valence electrons. The molecule has 0 bridgehead atoms. The lowest BCUT2D eigenvalue weighted by molar-refractivity contribution is 0.0689. The quantitative estimate of drug-likeness (QED) is 0.0968. The number of rotatable bonds is 13. The number of ether oxygens (including phenoxy) is 2. The largest absolute Gasteiger partial charge is 0.445 e. The second-order valence-corrected chi connectivity index (χ2v) is 22.3. The van der Waals surface area contributed by atoms with Crippen LogP contribution >= 0.6 is 0 Å². The minimum Gasteiger partial charge on any atom is -0.445 e. The summed E-state index contributed by atoms with van der Waals surface area (Å²) in [5.41, 5.74) is 14.8. The topological polar surface area (TPSA) is 267 Å². The summed E-state index contributed by atoms with van der Waals surface area (Å²) in [7, 11) is 0. The molecule has 2 fully saturated rings. The highest BCUT2D eigenvalue weighted by Crippen LogP contribution is 2.36. The third kappa shape index (κ3) is 13.9. The van der Waals surface area contributed by atoms with E-state index < -0.39 is 11.6 Å². The maximum absolute atomic E-state index is 13.1. The van der Waals surface area contributed by atoms with Crippen LogP contribution in [0.15, 0.2) is 162 Å². The monoisotopic (exact) mass is 1210 g/mol. The van der Waals surface area contributed by atoms with Crippen molar-refractivity contribution < 1.29 is 36.5 Å². The first-order valence-electron chi connectivity index (χ1n) is 29.3. The van der Waals surface area contributed by atoms with Gasteiger partial charge in [0.1, 0.15) is 37.0 Å². The Bertz CT molecular complexity index is 4280. The van der Waals surface area contributed by atoms with Crippen LogP contribution < -0.4 is 10.6 Å². The molecule has 3 aromatic carbocycles. The number of pyridine rings is 2. The van der Waals surface area contributed by atoms with Crippen LogP contribution in [0.2, 0.25) is 0 Å². The number of fused-ring (bicyclic) bond motifs is 2. The smallest absolute Gasteiger partial charge is 0.410 e. The zero-order valence-corrected chi connectivity index (χ0v) is 50.8. The second-order valence-electron chi connectivity index (χ2n) is 22.2. The molecule has 13 rings (SSSR count). The molecule has 89 heavy (non-hydrogen) atoms. The van der Waals surface area contributed by atoms with E-state index >= 15 is 0 Å². The third-order valence-electron chi connectivity index (χ3n) is 16.0. The van der Waals surface area contributed by atoms with Crippen molar-refractivity contribution in [1.29, 1.82) is 0 Å². The number of carbonyl (C=O) groups is 2. The molecule has 0 spiro atoms. The van der Waals surface area contributed by atoms with Gasteiger partial charge in [0.25, 0.3) is 0 Å². The van der Waals surface area contributed by atoms with Crippen molar-refractivity contribution >= 4 is 57.7 Å². The number of carbonyl (C=O) groups excluding carboxylic acids is 2. The van der Waals surface area contributed by atoms with Gasteiger partial charge < -0.3 is 48.5 Å². The summed E-state index contributed by atoms with van der Waals surface area (Å²) in [6.07, 6.45) is 13.8. The molecule has 2 amide bonds. The van der Waals surface area contributed by atoms with Gasteiger partial charge in [0.2, 0.25) is 11.9 Å². The number of hydrogen-bond acceptors (Lipinski definition) is 18. The van der Waals surface area contributed by atoms with E-state index in [0.717, 1.165) is 132 Å². The lowest BCUT2D eigenvalue weighted by Crippen LogP contribution is -2.50. The Labute approximate surface area is 516 Å². The SMILES string of the molecule is Cc1cnc(N[C@@H]2CC[C@@H](C)N(C(=O)OCc3ccccc3)C2)nc1-c1c[nH]c2nc(-c3conc3C)ccc12.Cc1cnc(N[C@@H]2CC[C@@H](C)N(C(=O)OCc3ccccc3)C2)nc1-c1cn(-c2ccccc2)c2nc(-c3conc3C)ccc12.O=S=O. The highest BCUT2D eigenvalue weighted by Gasteiger charge is 2.33. The number of aryl methyl sites for hydroxylation is 4. The second kappa shape index (κ2) is 27.5. The van der Waals surface area contributed by atoms with Gasteiger partial charge in [-0.05, 0) is 126 Å². The van der Waals surface area contributed by atoms with Gasteiger partial charge in [0.15, 0.2) is 0 Å². The molecular formula is C66H66N14O8S. The molecule has 2 aliphatic heterocycles. The van der Waals surface area contributed by atoms with Crippen molar-refractivity contribution in [2.24, 2.45) is 0 Å². The normalized spacial score (nSPS) is 16.4. The fourth-order valence-electron chi connectivity index (χ4n) is 11.1. The van der Waals surface area contributed by atoms with E-state index in [-0.39, 0.29) is 49.6 Å². The van der Waals surface area contributed by atoms with Crippen molar-refractivity contribution in [3.05, 3.63) is 186 Å². The number of hydrogen-bond donors (Lipinski definition) is 3. The van der Waals surface area contributed by atoms with Crippen LogP contribution in [0.4, 0.5) is 21.5 Å². The van der Waals surface area contributed by atoms with E-state index in [0.29, 0.717) is 25.0 Å². The summed E-state index contributed by atoms with van der Waals surface area (Å²) in [5.74, 6) is 1.04. The molecule has 10 heterocycles. The molecule has 22 nitrogen and oxygen atoms in total. The highest BCUT2D eigenvalue weighted by molar-refractivity contribution is 7.51. The molecule has 3 N–H and O–H groups in total. The summed E-state index contributed by atoms with van der Waals surface area (Å²) in [6, 6.07) is 37.8. The molecule has 4 atom stereocenters. The van der Waals surface area contributed by atoms with Crippen LogP contribution in [0.5, 0.6) is 0 Å². The first-order valence-corrected chi connectivity index (χ1v) is 29.9. The third-order valence-corrected chi connectivity index (χ3v) is 16.0. The lowest BCUT2D eigenvalue weighted by atomic mass is 10.00. The van der Waals surface area contributed by atoms with Crippen molar-refractivity contribution in [2.45, 2.75) is 105 Å². The molecule has 0 radical (unpaired) electrons. The van der Waals surface area contributed by atoms with Crippen molar-refractivity contribution in [3.8, 4) is 50.7 Å². The van der Waals surface area contributed by atoms with Gasteiger partial charge in [-0.25, -0.2) is 39.5 Å². The maximum Gasteiger partial charge on any atom is 0.410 e. The van der Waals surface area contributed by atoms with E-state index in [9.17, 15) is 9.59 Å². The number of anilines is 2. The number of aromatic nitrogens is 10. The Morgan fingerprint density at radius 1 is 0.584 bits per heavy atom. The first-order chi connectivity index (χ1) is 43.3. The van der Waals surface area contributed by atoms with Gasteiger partial charge in [-0.1, -0.05) is 89.2 Å². The zero-order chi connectivity index (χ0) is 62.0. The lowest BCUT2D eigenvalue weighted by Gasteiger charge is -2.37. The van der Waals surface area contributed by atoms with Gasteiger partial charge in [0, 0.05) is 89.6 Å². The number of piperidine rings is 2. The van der Waals surface area contributed by atoms with Crippen LogP contribution in [-0.4, -0.2) is 117 Å². The first kappa shape index (κ1) is 60.3. The Morgan fingerprint density at radius 3 is 1.55 bits per heavy atom. The van der Waals surface area contributed by atoms with Gasteiger partial charge in [-0.3, -0.25) is 0 Å². The van der Waals surface area contributed by atoms with Crippen LogP contribution in [0.25, 0.3) is 72.8 Å². The van der Waals surface area contributed by atoms with Crippen LogP contribution in [0, 0.1) is 27.7 Å². The van der Waals surface area contributed by atoms with E-state index in [1.165, 1.54) is 0 Å². The summed E-state index contributed by atoms with van der Waals surface area (Å²) in [4.78, 5) is 61.7. The molecule has 0 unspecified atom stereocenters. The molecule has 11 aromatic rings. The summed E-state index contributed by atoms with van der Waals surface area (Å²) in [5, 5.41) is 16.9. The van der Waals surface area contributed by atoms with Gasteiger partial charge >= 0.3 is 23.8 Å². The molecule has 2 aliphatic rings. The Balaban J connectivity index is 0.000000177. The fourth-order valence-corrected chi connectivity index (χ4v) is 11.1. The standard InChI is InChI=1S/C36H35N7O3.C30H31N7O3.O2S/c1-23-18-37-35(38-27-15-14-24(2)42(19-27)36(44)45-21-26-10-6-4-7-11-26)40-33(23)30-20-43(28-12-8-5-9-13-28)34-29(30)16-17-32(39-34)31-22-46-41-25(31)3;1-18-13-32-29(33-22-10-9-19(2)37(15-22)30(38)39-16-21-7-5-4-6-8-21)35-27(18)24-14-31-28-23(24)11-12-26(34-28)25-17-40-36-20(25)3;1-3-2/h4-13,16-18,20,22,24,27H,14-15,19,21H2,1-3H3,(H,37,38,40);4-8,11-14,17,19,22H,9-10,15-16H2,1-3H3,(H,31,34)(H,32,33,35);/t24-,27-;19-,22-;/m11./s1. The summed E-state index contributed by atoms with van der Waals surface area (Å²) >= 11 is -0.750. The summed E-state index contributed by atoms with van der Waals surface area (Å²) in [6.45, 7) is 13.4. The minimum atomic E-state index is -0.750. The van der Waals surface area contributed by atoms with Crippen molar-refractivity contribution in [3.63, 3.8) is 0 Å². The number of benzene rings is 3. The number of amides is 2. The van der Waals surface area contributed by atoms with E-state index in [1.807, 2.05) is 143 Å². The van der Waals surface area contributed by atoms with Crippen LogP contribution in [0.3, 0.4) is 0 Å². The van der Waals surface area contributed by atoms with E-state index in [4.69, 9.17) is 46.9 Å². The summed E-state index contributed by atoms with van der Waals surface area (Å²) < 4.78 is 40.2. The molecule has 23 heteroatoms. The number of para-hydroxylation sites is 1. The molecule has 8 aromatic heterocycles. The van der Waals surface area contributed by atoms with Gasteiger partial charge in [-0.15, -0.1) is 0 Å². The molecule has 0 aliphatic carbocycles. The minimum absolute atomic E-state index is 0.00929. The Hall–Kier alpha value is -10.4. The van der Waals surface area contributed by atoms with Crippen LogP contribution in [-0.2, 0) is 34.3 Å². The van der Waals surface area contributed by atoms with Crippen molar-refractivity contribution in [1.82, 2.24) is 59.6 Å².